The van der Waals surface area contributed by atoms with Gasteiger partial charge >= 0.3 is 0 Å². The maximum atomic E-state index is 11.9. The maximum Gasteiger partial charge on any atom is 0.238 e. The Morgan fingerprint density at radius 3 is 2.73 bits per heavy atom. The lowest BCUT2D eigenvalue weighted by Gasteiger charge is -2.11. The zero-order valence-corrected chi connectivity index (χ0v) is 16.6. The van der Waals surface area contributed by atoms with Crippen LogP contribution in [0.4, 0.5) is 0 Å². The molecule has 0 radical (unpaired) electrons. The Morgan fingerprint density at radius 1 is 1.31 bits per heavy atom. The third kappa shape index (κ3) is 3.73. The number of ether oxygens (including phenoxy) is 1. The summed E-state index contributed by atoms with van der Waals surface area (Å²) in [4.78, 5) is -0.0734. The SMILES string of the molecule is COc1ccc(Cn2nnnc2-c2c(Br)cccc2S(N)(=O)=O)cc1Cl. The van der Waals surface area contributed by atoms with Gasteiger partial charge in [0.2, 0.25) is 10.0 Å². The molecule has 136 valence electrons. The van der Waals surface area contributed by atoms with E-state index in [-0.39, 0.29) is 17.3 Å². The fourth-order valence-corrected chi connectivity index (χ4v) is 4.14. The number of benzene rings is 2. The first-order valence-corrected chi connectivity index (χ1v) is 9.93. The zero-order valence-electron chi connectivity index (χ0n) is 13.4. The fraction of sp³-hybridized carbons (Fsp3) is 0.133. The van der Waals surface area contributed by atoms with Crippen LogP contribution in [0.25, 0.3) is 11.4 Å². The standard InChI is InChI=1S/C15H13BrClN5O3S/c1-25-12-6-5-9(7-11(12)17)8-22-15(19-20-21-22)14-10(16)3-2-4-13(14)26(18,23)24/h2-7H,8H2,1H3,(H2,18,23,24). The van der Waals surface area contributed by atoms with E-state index in [4.69, 9.17) is 21.5 Å². The zero-order chi connectivity index (χ0) is 18.9. The monoisotopic (exact) mass is 457 g/mol. The van der Waals surface area contributed by atoms with Gasteiger partial charge in [-0.2, -0.15) is 0 Å². The van der Waals surface area contributed by atoms with Crippen LogP contribution in [0.15, 0.2) is 45.8 Å². The molecule has 26 heavy (non-hydrogen) atoms. The van der Waals surface area contributed by atoms with Crippen LogP contribution in [0, 0.1) is 0 Å². The highest BCUT2D eigenvalue weighted by atomic mass is 79.9. The molecule has 0 saturated heterocycles. The van der Waals surface area contributed by atoms with Crippen molar-refractivity contribution in [2.24, 2.45) is 5.14 Å². The second kappa shape index (κ2) is 7.31. The summed E-state index contributed by atoms with van der Waals surface area (Å²) in [6, 6.07) is 9.94. The number of primary sulfonamides is 1. The van der Waals surface area contributed by atoms with Gasteiger partial charge in [-0.15, -0.1) is 5.10 Å². The number of methoxy groups -OCH3 is 1. The minimum atomic E-state index is -3.96. The molecular formula is C15H13BrClN5O3S. The van der Waals surface area contributed by atoms with E-state index in [0.717, 1.165) is 5.56 Å². The maximum absolute atomic E-state index is 11.9. The first kappa shape index (κ1) is 18.8. The molecule has 3 rings (SSSR count). The van der Waals surface area contributed by atoms with Crippen LogP contribution >= 0.6 is 27.5 Å². The average molecular weight is 459 g/mol. The molecule has 0 aliphatic carbocycles. The molecule has 8 nitrogen and oxygen atoms in total. The van der Waals surface area contributed by atoms with Gasteiger partial charge in [0, 0.05) is 4.47 Å². The molecule has 0 spiro atoms. The summed E-state index contributed by atoms with van der Waals surface area (Å²) in [5.74, 6) is 0.808. The molecule has 0 saturated carbocycles. The lowest BCUT2D eigenvalue weighted by molar-refractivity contribution is 0.415. The van der Waals surface area contributed by atoms with Gasteiger partial charge in [-0.25, -0.2) is 18.2 Å². The molecule has 0 unspecified atom stereocenters. The van der Waals surface area contributed by atoms with E-state index in [0.29, 0.717) is 20.8 Å². The molecule has 0 bridgehead atoms. The van der Waals surface area contributed by atoms with E-state index in [2.05, 4.69) is 31.5 Å². The molecule has 0 fully saturated rings. The van der Waals surface area contributed by atoms with Crippen molar-refractivity contribution < 1.29 is 13.2 Å². The highest BCUT2D eigenvalue weighted by Gasteiger charge is 2.22. The molecule has 2 aromatic carbocycles. The van der Waals surface area contributed by atoms with Gasteiger partial charge in [0.15, 0.2) is 5.82 Å². The topological polar surface area (TPSA) is 113 Å². The van der Waals surface area contributed by atoms with Gasteiger partial charge in [-0.05, 0) is 56.2 Å². The molecule has 1 aromatic heterocycles. The van der Waals surface area contributed by atoms with Gasteiger partial charge in [0.25, 0.3) is 0 Å². The number of halogens is 2. The quantitative estimate of drug-likeness (QED) is 0.628. The number of hydrogen-bond acceptors (Lipinski definition) is 6. The Hall–Kier alpha value is -2.01. The molecular weight excluding hydrogens is 446 g/mol. The van der Waals surface area contributed by atoms with Crippen molar-refractivity contribution in [3.8, 4) is 17.1 Å². The third-order valence-electron chi connectivity index (χ3n) is 3.59. The van der Waals surface area contributed by atoms with Crippen molar-refractivity contribution in [3.05, 3.63) is 51.5 Å². The summed E-state index contributed by atoms with van der Waals surface area (Å²) in [7, 11) is -2.43. The summed E-state index contributed by atoms with van der Waals surface area (Å²) >= 11 is 9.49. The highest BCUT2D eigenvalue weighted by molar-refractivity contribution is 9.10. The second-order valence-corrected chi connectivity index (χ2v) is 8.08. The van der Waals surface area contributed by atoms with Crippen LogP contribution < -0.4 is 9.88 Å². The third-order valence-corrected chi connectivity index (χ3v) is 5.50. The van der Waals surface area contributed by atoms with E-state index in [1.807, 2.05) is 6.07 Å². The predicted molar refractivity (Wildman–Crippen MR) is 99.4 cm³/mol. The number of rotatable bonds is 5. The van der Waals surface area contributed by atoms with Gasteiger partial charge in [-0.1, -0.05) is 23.7 Å². The van der Waals surface area contributed by atoms with Crippen LogP contribution in [0.5, 0.6) is 5.75 Å². The van der Waals surface area contributed by atoms with E-state index < -0.39 is 10.0 Å². The Kier molecular flexibility index (Phi) is 5.28. The lowest BCUT2D eigenvalue weighted by atomic mass is 10.2. The molecule has 1 heterocycles. The minimum Gasteiger partial charge on any atom is -0.495 e. The number of tetrazole rings is 1. The van der Waals surface area contributed by atoms with E-state index >= 15 is 0 Å². The Morgan fingerprint density at radius 2 is 2.08 bits per heavy atom. The molecule has 0 atom stereocenters. The van der Waals surface area contributed by atoms with E-state index in [1.54, 1.807) is 24.3 Å². The fourth-order valence-electron chi connectivity index (χ4n) is 2.43. The van der Waals surface area contributed by atoms with Gasteiger partial charge in [0.05, 0.1) is 29.1 Å². The van der Waals surface area contributed by atoms with Gasteiger partial charge < -0.3 is 4.74 Å². The largest absolute Gasteiger partial charge is 0.495 e. The first-order chi connectivity index (χ1) is 12.3. The predicted octanol–water partition coefficient (Wildman–Crippen LogP) is 2.46. The second-order valence-electron chi connectivity index (χ2n) is 5.29. The number of nitrogens with zero attached hydrogens (tertiary/aromatic N) is 4. The summed E-state index contributed by atoms with van der Waals surface area (Å²) in [6.45, 7) is 0.275. The average Bonchev–Trinajstić information content (AvgIpc) is 3.01. The summed E-state index contributed by atoms with van der Waals surface area (Å²) in [6.07, 6.45) is 0. The molecule has 3 aromatic rings. The van der Waals surface area contributed by atoms with Crippen molar-refractivity contribution in [1.82, 2.24) is 20.2 Å². The minimum absolute atomic E-state index is 0.0734. The van der Waals surface area contributed by atoms with Crippen LogP contribution in [0.1, 0.15) is 5.56 Å². The van der Waals surface area contributed by atoms with Gasteiger partial charge in [0.1, 0.15) is 5.75 Å². The van der Waals surface area contributed by atoms with E-state index in [1.165, 1.54) is 17.9 Å². The van der Waals surface area contributed by atoms with Gasteiger partial charge in [-0.3, -0.25) is 0 Å². The van der Waals surface area contributed by atoms with Crippen molar-refractivity contribution in [3.63, 3.8) is 0 Å². The number of aromatic nitrogens is 4. The van der Waals surface area contributed by atoms with Crippen molar-refractivity contribution in [1.29, 1.82) is 0 Å². The normalized spacial score (nSPS) is 11.5. The van der Waals surface area contributed by atoms with Crippen molar-refractivity contribution in [2.45, 2.75) is 11.4 Å². The van der Waals surface area contributed by atoms with Crippen LogP contribution in [-0.2, 0) is 16.6 Å². The molecule has 2 N–H and O–H groups in total. The molecule has 0 amide bonds. The summed E-state index contributed by atoms with van der Waals surface area (Å²) in [5.41, 5.74) is 1.10. The van der Waals surface area contributed by atoms with Crippen molar-refractivity contribution >= 4 is 37.6 Å². The van der Waals surface area contributed by atoms with Crippen LogP contribution in [0.2, 0.25) is 5.02 Å². The molecule has 11 heteroatoms. The molecule has 0 aliphatic heterocycles. The Bertz CT molecular complexity index is 1070. The summed E-state index contributed by atoms with van der Waals surface area (Å²) < 4.78 is 31.0. The number of sulfonamides is 1. The number of hydrogen-bond donors (Lipinski definition) is 1. The van der Waals surface area contributed by atoms with Crippen molar-refractivity contribution in [2.75, 3.05) is 7.11 Å². The Balaban J connectivity index is 2.07. The Labute approximate surface area is 163 Å². The summed E-state index contributed by atoms with van der Waals surface area (Å²) in [5, 5.41) is 17.4. The lowest BCUT2D eigenvalue weighted by Crippen LogP contribution is -2.15. The number of nitrogens with two attached hydrogens (primary N) is 1. The van der Waals surface area contributed by atoms with Crippen LogP contribution in [0.3, 0.4) is 0 Å². The van der Waals surface area contributed by atoms with Crippen LogP contribution in [-0.4, -0.2) is 35.7 Å². The molecule has 0 aliphatic rings. The highest BCUT2D eigenvalue weighted by Crippen LogP contribution is 2.33. The first-order valence-electron chi connectivity index (χ1n) is 7.21. The van der Waals surface area contributed by atoms with E-state index in [9.17, 15) is 8.42 Å². The smallest absolute Gasteiger partial charge is 0.238 e.